The van der Waals surface area contributed by atoms with E-state index in [1.54, 1.807) is 11.0 Å². The molecule has 1 aliphatic heterocycles. The molecule has 0 radical (unpaired) electrons. The number of ether oxygens (including phenoxy) is 1. The molecule has 116 valence electrons. The van der Waals surface area contributed by atoms with Crippen molar-refractivity contribution in [2.75, 3.05) is 6.54 Å². The second kappa shape index (κ2) is 5.93. The predicted octanol–water partition coefficient (Wildman–Crippen LogP) is 3.73. The van der Waals surface area contributed by atoms with Crippen molar-refractivity contribution in [3.63, 3.8) is 0 Å². The smallest absolute Gasteiger partial charge is 0.410 e. The van der Waals surface area contributed by atoms with Gasteiger partial charge in [0.1, 0.15) is 11.4 Å². The summed E-state index contributed by atoms with van der Waals surface area (Å²) in [6, 6.07) is 2.92. The van der Waals surface area contributed by atoms with E-state index >= 15 is 0 Å². The standard InChI is InChI=1S/C15H20BrFN2O2/c1-15(2,3)21-14(20)19-5-4-13(18)10-7-11(16)12(17)6-9(10)8-19/h6-7,13H,4-5,8,18H2,1-3H3/t13-/m1/s1. The first-order valence-corrected chi connectivity index (χ1v) is 7.68. The number of rotatable bonds is 0. The summed E-state index contributed by atoms with van der Waals surface area (Å²) in [6.45, 7) is 6.25. The quantitative estimate of drug-likeness (QED) is 0.768. The zero-order valence-corrected chi connectivity index (χ0v) is 14.0. The number of hydrogen-bond acceptors (Lipinski definition) is 3. The van der Waals surface area contributed by atoms with Gasteiger partial charge in [0.25, 0.3) is 0 Å². The van der Waals surface area contributed by atoms with Gasteiger partial charge >= 0.3 is 6.09 Å². The number of halogens is 2. The van der Waals surface area contributed by atoms with E-state index in [0.717, 1.165) is 11.1 Å². The monoisotopic (exact) mass is 358 g/mol. The molecular formula is C15H20BrFN2O2. The third-order valence-electron chi connectivity index (χ3n) is 3.30. The lowest BCUT2D eigenvalue weighted by atomic mass is 10.00. The minimum Gasteiger partial charge on any atom is -0.444 e. The summed E-state index contributed by atoms with van der Waals surface area (Å²) in [5.41, 5.74) is 7.17. The van der Waals surface area contributed by atoms with E-state index in [2.05, 4.69) is 15.9 Å². The minimum atomic E-state index is -0.556. The average molecular weight is 359 g/mol. The molecule has 0 saturated carbocycles. The van der Waals surface area contributed by atoms with Crippen LogP contribution >= 0.6 is 15.9 Å². The number of fused-ring (bicyclic) bond motifs is 1. The Bertz CT molecular complexity index is 557. The van der Waals surface area contributed by atoms with Gasteiger partial charge in [-0.25, -0.2) is 9.18 Å². The highest BCUT2D eigenvalue weighted by Gasteiger charge is 2.27. The average Bonchev–Trinajstić information content (AvgIpc) is 2.49. The molecule has 2 N–H and O–H groups in total. The molecule has 0 aromatic heterocycles. The fourth-order valence-corrected chi connectivity index (χ4v) is 2.66. The normalized spacial score (nSPS) is 19.0. The maximum absolute atomic E-state index is 13.7. The Hall–Kier alpha value is -1.14. The van der Waals surface area contributed by atoms with Gasteiger partial charge in [-0.1, -0.05) is 0 Å². The van der Waals surface area contributed by atoms with E-state index in [0.29, 0.717) is 24.0 Å². The Kier molecular flexibility index (Phi) is 4.58. The van der Waals surface area contributed by atoms with Crippen LogP contribution in [0.4, 0.5) is 9.18 Å². The zero-order valence-electron chi connectivity index (χ0n) is 12.5. The second-order valence-corrected chi connectivity index (χ2v) is 7.12. The van der Waals surface area contributed by atoms with Gasteiger partial charge in [-0.2, -0.15) is 0 Å². The highest BCUT2D eigenvalue weighted by atomic mass is 79.9. The molecule has 2 rings (SSSR count). The van der Waals surface area contributed by atoms with Crippen molar-refractivity contribution in [1.82, 2.24) is 4.90 Å². The van der Waals surface area contributed by atoms with Crippen LogP contribution in [-0.4, -0.2) is 23.1 Å². The lowest BCUT2D eigenvalue weighted by Crippen LogP contribution is -2.36. The van der Waals surface area contributed by atoms with E-state index in [-0.39, 0.29) is 11.9 Å². The Labute approximate surface area is 132 Å². The number of hydrogen-bond donors (Lipinski definition) is 1. The van der Waals surface area contributed by atoms with Crippen LogP contribution in [0.2, 0.25) is 0 Å². The molecule has 0 unspecified atom stereocenters. The van der Waals surface area contributed by atoms with Crippen molar-refractivity contribution in [2.45, 2.75) is 45.4 Å². The van der Waals surface area contributed by atoms with Gasteiger partial charge in [0.15, 0.2) is 0 Å². The fourth-order valence-electron chi connectivity index (χ4n) is 2.30. The van der Waals surface area contributed by atoms with Crippen molar-refractivity contribution in [1.29, 1.82) is 0 Å². The van der Waals surface area contributed by atoms with Crippen molar-refractivity contribution in [3.8, 4) is 0 Å². The van der Waals surface area contributed by atoms with Crippen LogP contribution in [-0.2, 0) is 11.3 Å². The molecule has 1 atom stereocenters. The van der Waals surface area contributed by atoms with Crippen LogP contribution in [0.3, 0.4) is 0 Å². The summed E-state index contributed by atoms with van der Waals surface area (Å²) in [5.74, 6) is -0.355. The van der Waals surface area contributed by atoms with Crippen LogP contribution in [0.25, 0.3) is 0 Å². The Morgan fingerprint density at radius 3 is 2.76 bits per heavy atom. The third kappa shape index (κ3) is 3.95. The molecule has 0 saturated heterocycles. The summed E-state index contributed by atoms with van der Waals surface area (Å²) in [4.78, 5) is 13.8. The Balaban J connectivity index is 2.27. The summed E-state index contributed by atoms with van der Waals surface area (Å²) < 4.78 is 19.5. The molecule has 1 aromatic carbocycles. The Morgan fingerprint density at radius 2 is 2.14 bits per heavy atom. The number of benzene rings is 1. The molecule has 21 heavy (non-hydrogen) atoms. The highest BCUT2D eigenvalue weighted by molar-refractivity contribution is 9.10. The second-order valence-electron chi connectivity index (χ2n) is 6.26. The number of amides is 1. The number of nitrogens with two attached hydrogens (primary N) is 1. The molecule has 4 nitrogen and oxygen atoms in total. The molecule has 0 bridgehead atoms. The van der Waals surface area contributed by atoms with E-state index in [4.69, 9.17) is 10.5 Å². The molecule has 6 heteroatoms. The van der Waals surface area contributed by atoms with Gasteiger partial charge in [-0.15, -0.1) is 0 Å². The van der Waals surface area contributed by atoms with Crippen molar-refractivity contribution >= 4 is 22.0 Å². The minimum absolute atomic E-state index is 0.218. The van der Waals surface area contributed by atoms with Gasteiger partial charge in [0, 0.05) is 19.1 Å². The summed E-state index contributed by atoms with van der Waals surface area (Å²) in [7, 11) is 0. The molecule has 1 heterocycles. The van der Waals surface area contributed by atoms with Crippen LogP contribution in [0.5, 0.6) is 0 Å². The largest absolute Gasteiger partial charge is 0.444 e. The number of carbonyl (C=O) groups is 1. The topological polar surface area (TPSA) is 55.6 Å². The molecule has 1 aliphatic rings. The van der Waals surface area contributed by atoms with E-state index in [9.17, 15) is 9.18 Å². The van der Waals surface area contributed by atoms with E-state index < -0.39 is 11.7 Å². The SMILES string of the molecule is CC(C)(C)OC(=O)N1CC[C@@H](N)c2cc(Br)c(F)cc2C1. The first kappa shape index (κ1) is 16.2. The lowest BCUT2D eigenvalue weighted by molar-refractivity contribution is 0.0234. The first-order valence-electron chi connectivity index (χ1n) is 6.88. The highest BCUT2D eigenvalue weighted by Crippen LogP contribution is 2.30. The molecule has 0 aliphatic carbocycles. The third-order valence-corrected chi connectivity index (χ3v) is 3.91. The van der Waals surface area contributed by atoms with Gasteiger partial charge in [0.2, 0.25) is 0 Å². The van der Waals surface area contributed by atoms with Crippen molar-refractivity contribution < 1.29 is 13.9 Å². The zero-order chi connectivity index (χ0) is 15.8. The molecule has 0 spiro atoms. The van der Waals surface area contributed by atoms with Crippen molar-refractivity contribution in [3.05, 3.63) is 33.5 Å². The van der Waals surface area contributed by atoms with Crippen LogP contribution in [0.1, 0.15) is 44.4 Å². The van der Waals surface area contributed by atoms with Gasteiger partial charge in [0.05, 0.1) is 4.47 Å². The van der Waals surface area contributed by atoms with Crippen LogP contribution in [0, 0.1) is 5.82 Å². The van der Waals surface area contributed by atoms with Gasteiger partial charge in [-0.3, -0.25) is 0 Å². The maximum atomic E-state index is 13.7. The summed E-state index contributed by atoms with van der Waals surface area (Å²) in [5, 5.41) is 0. The Morgan fingerprint density at radius 1 is 1.48 bits per heavy atom. The molecule has 1 aromatic rings. The fraction of sp³-hybridized carbons (Fsp3) is 0.533. The van der Waals surface area contributed by atoms with Crippen LogP contribution < -0.4 is 5.73 Å². The van der Waals surface area contributed by atoms with E-state index in [1.807, 2.05) is 20.8 Å². The number of carbonyl (C=O) groups excluding carboxylic acids is 1. The van der Waals surface area contributed by atoms with Crippen molar-refractivity contribution in [2.24, 2.45) is 5.73 Å². The van der Waals surface area contributed by atoms with Gasteiger partial charge < -0.3 is 15.4 Å². The predicted molar refractivity (Wildman–Crippen MR) is 82.3 cm³/mol. The maximum Gasteiger partial charge on any atom is 0.410 e. The summed E-state index contributed by atoms with van der Waals surface area (Å²) >= 11 is 3.18. The lowest BCUT2D eigenvalue weighted by Gasteiger charge is -2.26. The molecular weight excluding hydrogens is 339 g/mol. The molecule has 0 fully saturated rings. The number of nitrogens with zero attached hydrogens (tertiary/aromatic N) is 1. The van der Waals surface area contributed by atoms with Crippen LogP contribution in [0.15, 0.2) is 16.6 Å². The van der Waals surface area contributed by atoms with E-state index in [1.165, 1.54) is 6.07 Å². The summed E-state index contributed by atoms with van der Waals surface area (Å²) in [6.07, 6.45) is 0.218. The van der Waals surface area contributed by atoms with Gasteiger partial charge in [-0.05, 0) is 66.4 Å². The molecule has 1 amide bonds. The first-order chi connectivity index (χ1) is 9.67.